The summed E-state index contributed by atoms with van der Waals surface area (Å²) in [4.78, 5) is 31.1. The van der Waals surface area contributed by atoms with E-state index in [1.54, 1.807) is 27.9 Å². The van der Waals surface area contributed by atoms with Crippen LogP contribution >= 0.6 is 0 Å². The number of carbonyl (C=O) groups is 2. The van der Waals surface area contributed by atoms with Gasteiger partial charge in [0.2, 0.25) is 0 Å². The molecule has 3 N–H and O–H groups in total. The van der Waals surface area contributed by atoms with Crippen LogP contribution in [0.15, 0.2) is 36.7 Å². The SMILES string of the molecule is Cc1c(NC(=O)N2CC(OC(C)(C)C)C2)cccc1-c1cc(NC(=O)NCCC#N)c2nccn2n1. The molecule has 1 fully saturated rings. The summed E-state index contributed by atoms with van der Waals surface area (Å²) in [6.07, 6.45) is 3.54. The zero-order chi connectivity index (χ0) is 25.9. The highest BCUT2D eigenvalue weighted by Crippen LogP contribution is 2.30. The molecule has 4 rings (SSSR count). The monoisotopic (exact) mass is 490 g/mol. The van der Waals surface area contributed by atoms with E-state index in [2.05, 4.69) is 26.0 Å². The van der Waals surface area contributed by atoms with Crippen molar-refractivity contribution in [1.29, 1.82) is 5.26 Å². The minimum absolute atomic E-state index is 0.0392. The lowest BCUT2D eigenvalue weighted by Gasteiger charge is -2.41. The fourth-order valence-electron chi connectivity index (χ4n) is 3.96. The van der Waals surface area contributed by atoms with E-state index in [4.69, 9.17) is 10.00 Å². The first-order valence-corrected chi connectivity index (χ1v) is 11.7. The first kappa shape index (κ1) is 24.9. The molecule has 1 aromatic carbocycles. The lowest BCUT2D eigenvalue weighted by molar-refractivity contribution is -0.110. The van der Waals surface area contributed by atoms with Crippen molar-refractivity contribution in [3.05, 3.63) is 42.2 Å². The summed E-state index contributed by atoms with van der Waals surface area (Å²) < 4.78 is 7.50. The van der Waals surface area contributed by atoms with Gasteiger partial charge in [-0.15, -0.1) is 0 Å². The molecular formula is C25H30N8O3. The average molecular weight is 491 g/mol. The van der Waals surface area contributed by atoms with E-state index in [-0.39, 0.29) is 30.7 Å². The number of rotatable bonds is 6. The quantitative estimate of drug-likeness (QED) is 0.450. The molecule has 188 valence electrons. The van der Waals surface area contributed by atoms with Crippen LogP contribution in [0.4, 0.5) is 21.0 Å². The lowest BCUT2D eigenvalue weighted by Crippen LogP contribution is -2.57. The van der Waals surface area contributed by atoms with E-state index in [9.17, 15) is 9.59 Å². The van der Waals surface area contributed by atoms with Crippen molar-refractivity contribution in [2.24, 2.45) is 0 Å². The number of carbonyl (C=O) groups excluding carboxylic acids is 2. The number of amides is 4. The Kier molecular flexibility index (Phi) is 7.07. The standard InChI is InChI=1S/C25H30N8O3/c1-16-18(7-5-8-19(16)30-24(35)32-14-17(15-32)36-25(2,3)4)20-13-21(22-27-11-12-33(22)31-20)29-23(34)28-10-6-9-26/h5,7-8,11-13,17H,6,10,14-15H2,1-4H3,(H,30,35)(H2,28,29,34). The maximum absolute atomic E-state index is 12.8. The number of aromatic nitrogens is 3. The van der Waals surface area contributed by atoms with Crippen LogP contribution in [0.25, 0.3) is 16.9 Å². The van der Waals surface area contributed by atoms with E-state index in [0.29, 0.717) is 35.8 Å². The smallest absolute Gasteiger partial charge is 0.322 e. The fourth-order valence-corrected chi connectivity index (χ4v) is 3.96. The molecule has 4 amide bonds. The molecule has 0 atom stereocenters. The summed E-state index contributed by atoms with van der Waals surface area (Å²) in [6, 6.07) is 8.71. The number of fused-ring (bicyclic) bond motifs is 1. The third-order valence-corrected chi connectivity index (χ3v) is 5.64. The van der Waals surface area contributed by atoms with E-state index in [0.717, 1.165) is 11.1 Å². The highest BCUT2D eigenvalue weighted by Gasteiger charge is 2.34. The van der Waals surface area contributed by atoms with Crippen molar-refractivity contribution in [1.82, 2.24) is 24.8 Å². The van der Waals surface area contributed by atoms with Crippen LogP contribution in [0.1, 0.15) is 32.8 Å². The summed E-state index contributed by atoms with van der Waals surface area (Å²) in [5.41, 5.74) is 3.63. The highest BCUT2D eigenvalue weighted by atomic mass is 16.5. The number of anilines is 2. The number of imidazole rings is 1. The molecule has 0 radical (unpaired) electrons. The van der Waals surface area contributed by atoms with E-state index in [1.165, 1.54) is 0 Å². The second kappa shape index (κ2) is 10.2. The third-order valence-electron chi connectivity index (χ3n) is 5.64. The molecule has 0 bridgehead atoms. The second-order valence-corrected chi connectivity index (χ2v) is 9.59. The minimum Gasteiger partial charge on any atom is -0.369 e. The first-order valence-electron chi connectivity index (χ1n) is 11.7. The molecule has 2 aromatic heterocycles. The molecule has 11 heteroatoms. The molecule has 36 heavy (non-hydrogen) atoms. The summed E-state index contributed by atoms with van der Waals surface area (Å²) in [5, 5.41) is 21.7. The van der Waals surface area contributed by atoms with Gasteiger partial charge in [-0.25, -0.2) is 19.1 Å². The van der Waals surface area contributed by atoms with Crippen LogP contribution in [0.2, 0.25) is 0 Å². The predicted molar refractivity (Wildman–Crippen MR) is 136 cm³/mol. The number of ether oxygens (including phenoxy) is 1. The Labute approximate surface area is 209 Å². The predicted octanol–water partition coefficient (Wildman–Crippen LogP) is 3.77. The fraction of sp³-hybridized carbons (Fsp3) is 0.400. The minimum atomic E-state index is -0.437. The van der Waals surface area contributed by atoms with Gasteiger partial charge in [-0.2, -0.15) is 10.4 Å². The van der Waals surface area contributed by atoms with Crippen molar-refractivity contribution >= 4 is 29.1 Å². The van der Waals surface area contributed by atoms with Crippen LogP contribution < -0.4 is 16.0 Å². The molecule has 3 heterocycles. The van der Waals surface area contributed by atoms with Gasteiger partial charge in [0.1, 0.15) is 0 Å². The Hall–Kier alpha value is -4.17. The number of hydrogen-bond acceptors (Lipinski definition) is 6. The maximum Gasteiger partial charge on any atom is 0.322 e. The van der Waals surface area contributed by atoms with Crippen LogP contribution in [0.5, 0.6) is 0 Å². The van der Waals surface area contributed by atoms with Crippen molar-refractivity contribution in [3.63, 3.8) is 0 Å². The largest absolute Gasteiger partial charge is 0.369 e. The number of nitrogens with zero attached hydrogens (tertiary/aromatic N) is 5. The van der Waals surface area contributed by atoms with Crippen molar-refractivity contribution < 1.29 is 14.3 Å². The van der Waals surface area contributed by atoms with Gasteiger partial charge < -0.3 is 25.6 Å². The molecule has 3 aromatic rings. The number of nitriles is 1. The number of hydrogen-bond donors (Lipinski definition) is 3. The average Bonchev–Trinajstić information content (AvgIpc) is 3.26. The Morgan fingerprint density at radius 3 is 2.72 bits per heavy atom. The molecule has 1 saturated heterocycles. The normalized spacial score (nSPS) is 13.7. The molecule has 0 aliphatic carbocycles. The molecule has 0 spiro atoms. The number of likely N-dealkylation sites (tertiary alicyclic amines) is 1. The summed E-state index contributed by atoms with van der Waals surface area (Å²) in [6.45, 7) is 9.25. The van der Waals surface area contributed by atoms with Gasteiger partial charge in [-0.05, 0) is 45.4 Å². The number of nitrogens with one attached hydrogen (secondary N) is 3. The van der Waals surface area contributed by atoms with E-state index >= 15 is 0 Å². The van der Waals surface area contributed by atoms with Gasteiger partial charge in [0.05, 0.1) is 48.7 Å². The molecule has 0 unspecified atom stereocenters. The molecule has 11 nitrogen and oxygen atoms in total. The first-order chi connectivity index (χ1) is 17.1. The number of benzene rings is 1. The second-order valence-electron chi connectivity index (χ2n) is 9.59. The van der Waals surface area contributed by atoms with Crippen LogP contribution in [0, 0.1) is 18.3 Å². The Morgan fingerprint density at radius 2 is 2.00 bits per heavy atom. The third kappa shape index (κ3) is 5.72. The Morgan fingerprint density at radius 1 is 1.22 bits per heavy atom. The van der Waals surface area contributed by atoms with Crippen LogP contribution in [-0.4, -0.2) is 62.9 Å². The molecular weight excluding hydrogens is 460 g/mol. The van der Waals surface area contributed by atoms with Crippen molar-refractivity contribution in [3.8, 4) is 17.3 Å². The highest BCUT2D eigenvalue weighted by molar-refractivity contribution is 5.95. The van der Waals surface area contributed by atoms with Crippen molar-refractivity contribution in [2.75, 3.05) is 30.3 Å². The maximum atomic E-state index is 12.8. The molecule has 0 saturated carbocycles. The summed E-state index contributed by atoms with van der Waals surface area (Å²) in [5.74, 6) is 0. The molecule has 1 aliphatic rings. The van der Waals surface area contributed by atoms with Gasteiger partial charge in [0.15, 0.2) is 5.65 Å². The lowest BCUT2D eigenvalue weighted by atomic mass is 10.0. The zero-order valence-electron chi connectivity index (χ0n) is 20.8. The van der Waals surface area contributed by atoms with Crippen LogP contribution in [-0.2, 0) is 4.74 Å². The summed E-state index contributed by atoms with van der Waals surface area (Å²) >= 11 is 0. The van der Waals surface area contributed by atoms with Crippen molar-refractivity contribution in [2.45, 2.75) is 45.8 Å². The van der Waals surface area contributed by atoms with Gasteiger partial charge in [-0.3, -0.25) is 0 Å². The van der Waals surface area contributed by atoms with Gasteiger partial charge >= 0.3 is 12.1 Å². The number of urea groups is 2. The Bertz CT molecular complexity index is 1320. The van der Waals surface area contributed by atoms with Crippen LogP contribution in [0.3, 0.4) is 0 Å². The topological polar surface area (TPSA) is 137 Å². The van der Waals surface area contributed by atoms with Gasteiger partial charge in [0.25, 0.3) is 0 Å². The Balaban J connectivity index is 1.52. The van der Waals surface area contributed by atoms with E-state index < -0.39 is 6.03 Å². The summed E-state index contributed by atoms with van der Waals surface area (Å²) in [7, 11) is 0. The zero-order valence-corrected chi connectivity index (χ0v) is 20.8. The van der Waals surface area contributed by atoms with Gasteiger partial charge in [0, 0.05) is 30.2 Å². The van der Waals surface area contributed by atoms with Gasteiger partial charge in [-0.1, -0.05) is 12.1 Å². The molecule has 1 aliphatic heterocycles. The van der Waals surface area contributed by atoms with E-state index in [1.807, 2.05) is 52.0 Å².